The van der Waals surface area contributed by atoms with Gasteiger partial charge in [0.2, 0.25) is 0 Å². The van der Waals surface area contributed by atoms with Crippen LogP contribution in [0, 0.1) is 0 Å². The molecule has 1 aromatic heterocycles. The molecule has 1 amide bonds. The van der Waals surface area contributed by atoms with E-state index in [0.29, 0.717) is 28.4 Å². The van der Waals surface area contributed by atoms with E-state index in [1.165, 1.54) is 17.4 Å². The largest absolute Gasteiger partial charge is 0.444 e. The Bertz CT molecular complexity index is 821. The summed E-state index contributed by atoms with van der Waals surface area (Å²) in [5.41, 5.74) is -0.653. The number of thiazole rings is 1. The van der Waals surface area contributed by atoms with Crippen molar-refractivity contribution in [2.24, 2.45) is 0 Å². The maximum Gasteiger partial charge on any atom is 0.416 e. The van der Waals surface area contributed by atoms with E-state index in [2.05, 4.69) is 10.3 Å². The highest BCUT2D eigenvalue weighted by Crippen LogP contribution is 2.34. The highest BCUT2D eigenvalue weighted by atomic mass is 32.1. The van der Waals surface area contributed by atoms with E-state index in [4.69, 9.17) is 4.74 Å². The van der Waals surface area contributed by atoms with Gasteiger partial charge in [0, 0.05) is 19.1 Å². The van der Waals surface area contributed by atoms with Gasteiger partial charge in [-0.3, -0.25) is 0 Å². The van der Waals surface area contributed by atoms with Crippen LogP contribution in [0.3, 0.4) is 0 Å². The van der Waals surface area contributed by atoms with E-state index in [1.807, 2.05) is 20.8 Å². The first-order chi connectivity index (χ1) is 12.5. The molecule has 9 heteroatoms. The molecule has 27 heavy (non-hydrogen) atoms. The van der Waals surface area contributed by atoms with E-state index < -0.39 is 17.3 Å². The summed E-state index contributed by atoms with van der Waals surface area (Å²) in [6.45, 7) is 6.62. The molecule has 1 aliphatic rings. The van der Waals surface area contributed by atoms with Crippen molar-refractivity contribution in [2.75, 3.05) is 18.4 Å². The van der Waals surface area contributed by atoms with Crippen molar-refractivity contribution in [1.29, 1.82) is 0 Å². The molecule has 3 rings (SSSR count). The van der Waals surface area contributed by atoms with Crippen LogP contribution in [-0.2, 0) is 10.9 Å². The highest BCUT2D eigenvalue weighted by Gasteiger charge is 2.31. The molecule has 1 saturated heterocycles. The van der Waals surface area contributed by atoms with Gasteiger partial charge in [0.1, 0.15) is 5.60 Å². The average Bonchev–Trinajstić information content (AvgIpc) is 2.94. The Balaban J connectivity index is 1.60. The monoisotopic (exact) mass is 401 g/mol. The molecule has 0 spiro atoms. The molecular weight excluding hydrogens is 379 g/mol. The molecule has 1 aliphatic heterocycles. The summed E-state index contributed by atoms with van der Waals surface area (Å²) in [6.07, 6.45) is -3.23. The lowest BCUT2D eigenvalue weighted by Crippen LogP contribution is -2.44. The minimum atomic E-state index is -4.36. The van der Waals surface area contributed by atoms with Gasteiger partial charge in [0.05, 0.1) is 15.8 Å². The molecule has 0 unspecified atom stereocenters. The van der Waals surface area contributed by atoms with Crippen molar-refractivity contribution in [3.05, 3.63) is 23.8 Å². The molecule has 0 atom stereocenters. The molecule has 2 aromatic rings. The number of ether oxygens (including phenoxy) is 1. The van der Waals surface area contributed by atoms with Gasteiger partial charge in [-0.15, -0.1) is 0 Å². The van der Waals surface area contributed by atoms with Crippen LogP contribution >= 0.6 is 11.3 Å². The number of hydrogen-bond donors (Lipinski definition) is 1. The summed E-state index contributed by atoms with van der Waals surface area (Å²) >= 11 is 1.21. The Morgan fingerprint density at radius 3 is 2.52 bits per heavy atom. The molecule has 0 aliphatic carbocycles. The maximum atomic E-state index is 12.8. The van der Waals surface area contributed by atoms with Crippen molar-refractivity contribution in [3.63, 3.8) is 0 Å². The third-order valence-corrected chi connectivity index (χ3v) is 5.14. The smallest absolute Gasteiger partial charge is 0.416 e. The number of halogens is 3. The van der Waals surface area contributed by atoms with Crippen LogP contribution in [0.4, 0.5) is 23.1 Å². The zero-order valence-corrected chi connectivity index (χ0v) is 16.2. The first-order valence-electron chi connectivity index (χ1n) is 8.73. The van der Waals surface area contributed by atoms with Crippen molar-refractivity contribution in [2.45, 2.75) is 51.4 Å². The Morgan fingerprint density at radius 1 is 1.26 bits per heavy atom. The minimum Gasteiger partial charge on any atom is -0.444 e. The summed E-state index contributed by atoms with van der Waals surface area (Å²) in [5, 5.41) is 3.88. The second-order valence-electron chi connectivity index (χ2n) is 7.59. The zero-order valence-electron chi connectivity index (χ0n) is 15.4. The number of alkyl halides is 3. The van der Waals surface area contributed by atoms with E-state index in [0.717, 1.165) is 25.0 Å². The van der Waals surface area contributed by atoms with Gasteiger partial charge in [-0.25, -0.2) is 9.78 Å². The van der Waals surface area contributed by atoms with Crippen molar-refractivity contribution < 1.29 is 22.7 Å². The molecule has 0 bridgehead atoms. The van der Waals surface area contributed by atoms with Crippen molar-refractivity contribution in [3.8, 4) is 0 Å². The maximum absolute atomic E-state index is 12.8. The number of amides is 1. The molecule has 1 N–H and O–H groups in total. The fraction of sp³-hybridized carbons (Fsp3) is 0.556. The number of likely N-dealkylation sites (tertiary alicyclic amines) is 1. The number of hydrogen-bond acceptors (Lipinski definition) is 5. The third kappa shape index (κ3) is 5.03. The normalized spacial score (nSPS) is 16.6. The standard InChI is InChI=1S/C18H22F3N3O2S/c1-17(2,3)26-16(25)24-8-6-12(7-9-24)22-15-23-13-5-4-11(18(19,20)21)10-14(13)27-15/h4-5,10,12H,6-9H2,1-3H3,(H,22,23). The lowest BCUT2D eigenvalue weighted by Gasteiger charge is -2.33. The minimum absolute atomic E-state index is 0.117. The molecule has 1 aromatic carbocycles. The molecule has 2 heterocycles. The van der Waals surface area contributed by atoms with Gasteiger partial charge in [-0.2, -0.15) is 13.2 Å². The summed E-state index contributed by atoms with van der Waals surface area (Å²) in [6, 6.07) is 3.69. The number of nitrogens with zero attached hydrogens (tertiary/aromatic N) is 2. The third-order valence-electron chi connectivity index (χ3n) is 4.19. The van der Waals surface area contributed by atoms with Gasteiger partial charge in [-0.1, -0.05) is 11.3 Å². The van der Waals surface area contributed by atoms with Crippen molar-refractivity contribution in [1.82, 2.24) is 9.88 Å². The van der Waals surface area contributed by atoms with Crippen LogP contribution in [0.2, 0.25) is 0 Å². The van der Waals surface area contributed by atoms with E-state index >= 15 is 0 Å². The van der Waals surface area contributed by atoms with E-state index in [-0.39, 0.29) is 12.1 Å². The molecule has 5 nitrogen and oxygen atoms in total. The number of anilines is 1. The number of rotatable bonds is 2. The van der Waals surface area contributed by atoms with Gasteiger partial charge in [-0.05, 0) is 51.8 Å². The Morgan fingerprint density at radius 2 is 1.93 bits per heavy atom. The van der Waals surface area contributed by atoms with Crippen molar-refractivity contribution >= 4 is 32.8 Å². The number of fused-ring (bicyclic) bond motifs is 1. The number of carbonyl (C=O) groups excluding carboxylic acids is 1. The van der Waals surface area contributed by atoms with Crippen LogP contribution in [0.15, 0.2) is 18.2 Å². The van der Waals surface area contributed by atoms with Gasteiger partial charge in [0.25, 0.3) is 0 Å². The lowest BCUT2D eigenvalue weighted by atomic mass is 10.1. The highest BCUT2D eigenvalue weighted by molar-refractivity contribution is 7.22. The van der Waals surface area contributed by atoms with Crippen LogP contribution in [0.25, 0.3) is 10.2 Å². The fourth-order valence-electron chi connectivity index (χ4n) is 2.87. The zero-order chi connectivity index (χ0) is 19.8. The van der Waals surface area contributed by atoms with Crippen LogP contribution in [-0.4, -0.2) is 40.7 Å². The second-order valence-corrected chi connectivity index (χ2v) is 8.62. The summed E-state index contributed by atoms with van der Waals surface area (Å²) in [5.74, 6) is 0. The number of nitrogens with one attached hydrogen (secondary N) is 1. The Kier molecular flexibility index (Phi) is 5.24. The van der Waals surface area contributed by atoms with Crippen LogP contribution in [0.1, 0.15) is 39.2 Å². The molecule has 0 saturated carbocycles. The van der Waals surface area contributed by atoms with Crippen LogP contribution in [0.5, 0.6) is 0 Å². The number of carbonyl (C=O) groups is 1. The predicted molar refractivity (Wildman–Crippen MR) is 99.1 cm³/mol. The van der Waals surface area contributed by atoms with Gasteiger partial charge < -0.3 is 15.0 Å². The van der Waals surface area contributed by atoms with Crippen LogP contribution < -0.4 is 5.32 Å². The SMILES string of the molecule is CC(C)(C)OC(=O)N1CCC(Nc2nc3ccc(C(F)(F)F)cc3s2)CC1. The summed E-state index contributed by atoms with van der Waals surface area (Å²) in [4.78, 5) is 18.1. The van der Waals surface area contributed by atoms with Gasteiger partial charge >= 0.3 is 12.3 Å². The molecule has 148 valence electrons. The predicted octanol–water partition coefficient (Wildman–Crippen LogP) is 5.13. The quantitative estimate of drug-likeness (QED) is 0.758. The summed E-state index contributed by atoms with van der Waals surface area (Å²) in [7, 11) is 0. The lowest BCUT2D eigenvalue weighted by molar-refractivity contribution is -0.137. The first kappa shape index (κ1) is 19.7. The van der Waals surface area contributed by atoms with Gasteiger partial charge in [0.15, 0.2) is 5.13 Å². The first-order valence-corrected chi connectivity index (χ1v) is 9.55. The number of aromatic nitrogens is 1. The summed E-state index contributed by atoms with van der Waals surface area (Å²) < 4.78 is 44.4. The number of piperidine rings is 1. The van der Waals surface area contributed by atoms with E-state index in [1.54, 1.807) is 4.90 Å². The molecule has 1 fully saturated rings. The second kappa shape index (κ2) is 7.18. The van der Waals surface area contributed by atoms with E-state index in [9.17, 15) is 18.0 Å². The topological polar surface area (TPSA) is 54.5 Å². The average molecular weight is 401 g/mol. The molecule has 0 radical (unpaired) electrons. The molecular formula is C18H22F3N3O2S. The number of benzene rings is 1. The Labute approximate surface area is 159 Å². The fourth-order valence-corrected chi connectivity index (χ4v) is 3.85. The Hall–Kier alpha value is -2.03.